The fourth-order valence-corrected chi connectivity index (χ4v) is 3.47. The molecule has 2 N–H and O–H groups in total. The van der Waals surface area contributed by atoms with Crippen LogP contribution in [0.15, 0.2) is 0 Å². The fourth-order valence-electron chi connectivity index (χ4n) is 3.47. The van der Waals surface area contributed by atoms with Crippen LogP contribution >= 0.6 is 0 Å². The van der Waals surface area contributed by atoms with E-state index in [0.717, 1.165) is 36.3 Å². The van der Waals surface area contributed by atoms with Crippen LogP contribution in [-0.2, 0) is 13.0 Å². The summed E-state index contributed by atoms with van der Waals surface area (Å²) in [5, 5.41) is 1.90. The van der Waals surface area contributed by atoms with Crippen molar-refractivity contribution in [1.82, 2.24) is 5.01 Å². The van der Waals surface area contributed by atoms with Gasteiger partial charge in [-0.3, -0.25) is 5.84 Å². The number of nitrogens with zero attached hydrogens (tertiary/aromatic N) is 1. The zero-order valence-corrected chi connectivity index (χ0v) is 11.7. The van der Waals surface area contributed by atoms with Crippen molar-refractivity contribution < 1.29 is 14.2 Å². The second-order valence-electron chi connectivity index (χ2n) is 5.05. The van der Waals surface area contributed by atoms with Crippen LogP contribution in [0.5, 0.6) is 17.2 Å². The number of hydrazine groups is 1. The average molecular weight is 264 g/mol. The summed E-state index contributed by atoms with van der Waals surface area (Å²) in [4.78, 5) is 0. The van der Waals surface area contributed by atoms with E-state index in [0.29, 0.717) is 12.3 Å². The van der Waals surface area contributed by atoms with Crippen LogP contribution in [0, 0.1) is 0 Å². The van der Waals surface area contributed by atoms with E-state index in [1.165, 1.54) is 11.1 Å². The quantitative estimate of drug-likeness (QED) is 0.843. The highest BCUT2D eigenvalue weighted by Gasteiger charge is 2.39. The van der Waals surface area contributed by atoms with Crippen molar-refractivity contribution in [2.24, 2.45) is 5.84 Å². The number of methoxy groups -OCH3 is 3. The van der Waals surface area contributed by atoms with Gasteiger partial charge in [0.2, 0.25) is 5.75 Å². The Bertz CT molecular complexity index is 516. The van der Waals surface area contributed by atoms with E-state index in [1.54, 1.807) is 21.3 Å². The molecule has 1 aliphatic carbocycles. The van der Waals surface area contributed by atoms with Crippen molar-refractivity contribution in [2.75, 3.05) is 21.3 Å². The first-order chi connectivity index (χ1) is 9.22. The molecular weight excluding hydrogens is 244 g/mol. The number of rotatable bonds is 3. The summed E-state index contributed by atoms with van der Waals surface area (Å²) >= 11 is 0. The highest BCUT2D eigenvalue weighted by atomic mass is 16.5. The zero-order chi connectivity index (χ0) is 13.6. The molecule has 1 heterocycles. The molecule has 2 aliphatic rings. The highest BCUT2D eigenvalue weighted by Crippen LogP contribution is 2.53. The normalized spacial score (nSPS) is 21.2. The van der Waals surface area contributed by atoms with Crippen LogP contribution in [0.3, 0.4) is 0 Å². The third-order valence-electron chi connectivity index (χ3n) is 4.20. The second-order valence-corrected chi connectivity index (χ2v) is 5.05. The van der Waals surface area contributed by atoms with E-state index in [1.807, 2.05) is 5.01 Å². The van der Waals surface area contributed by atoms with Crippen molar-refractivity contribution in [3.63, 3.8) is 0 Å². The summed E-state index contributed by atoms with van der Waals surface area (Å²) in [5.41, 5.74) is 3.69. The summed E-state index contributed by atoms with van der Waals surface area (Å²) in [6.07, 6.45) is 3.22. The molecule has 0 aromatic heterocycles. The van der Waals surface area contributed by atoms with Gasteiger partial charge in [0.1, 0.15) is 0 Å². The first-order valence-electron chi connectivity index (χ1n) is 6.57. The molecule has 0 saturated carbocycles. The van der Waals surface area contributed by atoms with Crippen LogP contribution in [-0.4, -0.2) is 26.3 Å². The van der Waals surface area contributed by atoms with Gasteiger partial charge in [0.25, 0.3) is 0 Å². The minimum absolute atomic E-state index is 0.285. The summed E-state index contributed by atoms with van der Waals surface area (Å²) in [7, 11) is 4.99. The molecule has 5 heteroatoms. The third-order valence-corrected chi connectivity index (χ3v) is 4.20. The van der Waals surface area contributed by atoms with Gasteiger partial charge in [-0.25, -0.2) is 5.01 Å². The predicted molar refractivity (Wildman–Crippen MR) is 71.5 cm³/mol. The van der Waals surface area contributed by atoms with Gasteiger partial charge in [-0.05, 0) is 24.8 Å². The first-order valence-corrected chi connectivity index (χ1v) is 6.57. The van der Waals surface area contributed by atoms with Crippen LogP contribution in [0.4, 0.5) is 0 Å². The van der Waals surface area contributed by atoms with Crippen molar-refractivity contribution in [2.45, 2.75) is 31.8 Å². The Morgan fingerprint density at radius 3 is 2.26 bits per heavy atom. The highest BCUT2D eigenvalue weighted by molar-refractivity contribution is 5.66. The van der Waals surface area contributed by atoms with Gasteiger partial charge in [0.05, 0.1) is 27.4 Å². The van der Waals surface area contributed by atoms with E-state index < -0.39 is 0 Å². The van der Waals surface area contributed by atoms with Crippen LogP contribution in [0.25, 0.3) is 0 Å². The van der Waals surface area contributed by atoms with Gasteiger partial charge in [-0.15, -0.1) is 0 Å². The monoisotopic (exact) mass is 264 g/mol. The summed E-state index contributed by atoms with van der Waals surface area (Å²) in [6.45, 7) is 0.705. The minimum Gasteiger partial charge on any atom is -0.492 e. The average Bonchev–Trinajstić information content (AvgIpc) is 2.77. The van der Waals surface area contributed by atoms with E-state index in [9.17, 15) is 0 Å². The van der Waals surface area contributed by atoms with Crippen LogP contribution in [0.1, 0.15) is 35.6 Å². The Balaban J connectivity index is 2.31. The van der Waals surface area contributed by atoms with Crippen molar-refractivity contribution >= 4 is 0 Å². The first kappa shape index (κ1) is 12.6. The van der Waals surface area contributed by atoms with E-state index >= 15 is 0 Å². The van der Waals surface area contributed by atoms with Gasteiger partial charge < -0.3 is 14.2 Å². The molecule has 0 saturated heterocycles. The van der Waals surface area contributed by atoms with Gasteiger partial charge in [-0.1, -0.05) is 0 Å². The topological polar surface area (TPSA) is 57.0 Å². The zero-order valence-electron chi connectivity index (χ0n) is 11.7. The van der Waals surface area contributed by atoms with Gasteiger partial charge in [0, 0.05) is 17.7 Å². The van der Waals surface area contributed by atoms with Gasteiger partial charge in [-0.2, -0.15) is 0 Å². The largest absolute Gasteiger partial charge is 0.492 e. The Morgan fingerprint density at radius 2 is 1.63 bits per heavy atom. The SMILES string of the molecule is COc1c2c3c(c(OC)c1OC)CN(N)C3CCC2. The van der Waals surface area contributed by atoms with Gasteiger partial charge >= 0.3 is 0 Å². The Hall–Kier alpha value is -1.46. The lowest BCUT2D eigenvalue weighted by Crippen LogP contribution is -2.30. The summed E-state index contributed by atoms with van der Waals surface area (Å²) in [6, 6.07) is 0.285. The molecule has 19 heavy (non-hydrogen) atoms. The van der Waals surface area contributed by atoms with Crippen molar-refractivity contribution in [3.05, 3.63) is 16.7 Å². The Kier molecular flexibility index (Phi) is 3.03. The lowest BCUT2D eigenvalue weighted by atomic mass is 9.85. The lowest BCUT2D eigenvalue weighted by molar-refractivity contribution is 0.201. The minimum atomic E-state index is 0.285. The molecule has 0 amide bonds. The number of benzene rings is 1. The molecule has 1 aliphatic heterocycles. The molecule has 1 aromatic carbocycles. The Labute approximate surface area is 113 Å². The smallest absolute Gasteiger partial charge is 0.203 e. The second kappa shape index (κ2) is 4.58. The number of hydrogen-bond donors (Lipinski definition) is 1. The number of ether oxygens (including phenoxy) is 3. The molecule has 1 unspecified atom stereocenters. The van der Waals surface area contributed by atoms with E-state index in [2.05, 4.69) is 0 Å². The summed E-state index contributed by atoms with van der Waals surface area (Å²) in [5.74, 6) is 8.40. The summed E-state index contributed by atoms with van der Waals surface area (Å²) < 4.78 is 16.6. The van der Waals surface area contributed by atoms with Crippen molar-refractivity contribution in [3.8, 4) is 17.2 Å². The maximum Gasteiger partial charge on any atom is 0.203 e. The van der Waals surface area contributed by atoms with Crippen LogP contribution in [0.2, 0.25) is 0 Å². The molecule has 0 bridgehead atoms. The lowest BCUT2D eigenvalue weighted by Gasteiger charge is -2.28. The molecule has 3 rings (SSSR count). The maximum absolute atomic E-state index is 6.15. The molecular formula is C14H20N2O3. The fraction of sp³-hybridized carbons (Fsp3) is 0.571. The number of hydrogen-bond acceptors (Lipinski definition) is 5. The third kappa shape index (κ3) is 1.61. The molecule has 0 spiro atoms. The predicted octanol–water partition coefficient (Wildman–Crippen LogP) is 1.78. The maximum atomic E-state index is 6.15. The molecule has 0 radical (unpaired) electrons. The number of nitrogens with two attached hydrogens (primary N) is 1. The van der Waals surface area contributed by atoms with Crippen LogP contribution < -0.4 is 20.1 Å². The molecule has 5 nitrogen and oxygen atoms in total. The van der Waals surface area contributed by atoms with E-state index in [4.69, 9.17) is 20.1 Å². The molecule has 0 fully saturated rings. The van der Waals surface area contributed by atoms with Crippen molar-refractivity contribution in [1.29, 1.82) is 0 Å². The molecule has 104 valence electrons. The van der Waals surface area contributed by atoms with Gasteiger partial charge in [0.15, 0.2) is 11.5 Å². The molecule has 1 atom stereocenters. The molecule has 1 aromatic rings. The standard InChI is InChI=1S/C14H20N2O3/c1-17-12-8-5-4-6-10-11(8)9(7-16(10)15)13(18-2)14(12)19-3/h10H,4-7,15H2,1-3H3. The van der Waals surface area contributed by atoms with E-state index in [-0.39, 0.29) is 6.04 Å². The Morgan fingerprint density at radius 1 is 1.00 bits per heavy atom.